The predicted molar refractivity (Wildman–Crippen MR) is 75.7 cm³/mol. The summed E-state index contributed by atoms with van der Waals surface area (Å²) in [7, 11) is 0. The van der Waals surface area contributed by atoms with Gasteiger partial charge < -0.3 is 5.32 Å². The Balaban J connectivity index is 2.10. The Morgan fingerprint density at radius 3 is 2.68 bits per heavy atom. The van der Waals surface area contributed by atoms with Crippen molar-refractivity contribution in [3.63, 3.8) is 0 Å². The normalized spacial score (nSPS) is 12.4. The van der Waals surface area contributed by atoms with E-state index in [0.717, 1.165) is 17.1 Å². The molecule has 0 aliphatic rings. The van der Waals surface area contributed by atoms with E-state index < -0.39 is 0 Å². The van der Waals surface area contributed by atoms with Gasteiger partial charge in [-0.15, -0.1) is 0 Å². The van der Waals surface area contributed by atoms with Crippen LogP contribution in [0.4, 0.5) is 0 Å². The van der Waals surface area contributed by atoms with Gasteiger partial charge in [0.15, 0.2) is 0 Å². The molecule has 0 aliphatic heterocycles. The minimum absolute atomic E-state index is 0.245. The predicted octanol–water partition coefficient (Wildman–Crippen LogP) is 2.65. The van der Waals surface area contributed by atoms with Crippen molar-refractivity contribution in [2.75, 3.05) is 0 Å². The van der Waals surface area contributed by atoms with Crippen LogP contribution in [0.3, 0.4) is 0 Å². The second-order valence-corrected chi connectivity index (χ2v) is 4.90. The SMILES string of the molecule is Cc1cc(C)c(C(C)NCc2cccnn2)c(C)n1. The van der Waals surface area contributed by atoms with Crippen LogP contribution in [0.2, 0.25) is 0 Å². The zero-order valence-corrected chi connectivity index (χ0v) is 11.9. The third kappa shape index (κ3) is 3.35. The van der Waals surface area contributed by atoms with E-state index in [0.29, 0.717) is 6.54 Å². The summed E-state index contributed by atoms with van der Waals surface area (Å²) in [6, 6.07) is 6.25. The lowest BCUT2D eigenvalue weighted by Crippen LogP contribution is -2.21. The number of hydrogen-bond acceptors (Lipinski definition) is 4. The van der Waals surface area contributed by atoms with E-state index in [1.165, 1.54) is 11.1 Å². The van der Waals surface area contributed by atoms with Crippen molar-refractivity contribution in [3.05, 3.63) is 52.6 Å². The Labute approximate surface area is 114 Å². The summed E-state index contributed by atoms with van der Waals surface area (Å²) >= 11 is 0. The fraction of sp³-hybridized carbons (Fsp3) is 0.400. The highest BCUT2D eigenvalue weighted by atomic mass is 15.1. The van der Waals surface area contributed by atoms with Crippen LogP contribution in [0.5, 0.6) is 0 Å². The zero-order valence-electron chi connectivity index (χ0n) is 11.9. The Bertz CT molecular complexity index is 528. The smallest absolute Gasteiger partial charge is 0.0769 e. The number of nitrogens with zero attached hydrogens (tertiary/aromatic N) is 3. The summed E-state index contributed by atoms with van der Waals surface area (Å²) in [5.41, 5.74) is 5.67. The molecule has 1 unspecified atom stereocenters. The maximum atomic E-state index is 4.54. The van der Waals surface area contributed by atoms with Gasteiger partial charge in [-0.1, -0.05) is 0 Å². The van der Waals surface area contributed by atoms with Crippen LogP contribution >= 0.6 is 0 Å². The van der Waals surface area contributed by atoms with Crippen LogP contribution in [0.1, 0.15) is 41.2 Å². The van der Waals surface area contributed by atoms with E-state index in [1.807, 2.05) is 19.1 Å². The Morgan fingerprint density at radius 1 is 1.26 bits per heavy atom. The maximum absolute atomic E-state index is 4.54. The molecule has 2 rings (SSSR count). The summed E-state index contributed by atoms with van der Waals surface area (Å²) in [6.07, 6.45) is 1.69. The Kier molecular flexibility index (Phi) is 4.22. The molecule has 2 heterocycles. The van der Waals surface area contributed by atoms with Crippen molar-refractivity contribution in [2.24, 2.45) is 0 Å². The summed E-state index contributed by atoms with van der Waals surface area (Å²) in [4.78, 5) is 4.54. The number of nitrogens with one attached hydrogen (secondary N) is 1. The van der Waals surface area contributed by atoms with Crippen LogP contribution in [-0.2, 0) is 6.54 Å². The minimum Gasteiger partial charge on any atom is -0.304 e. The molecule has 0 fully saturated rings. The first-order chi connectivity index (χ1) is 9.08. The highest BCUT2D eigenvalue weighted by Crippen LogP contribution is 2.21. The van der Waals surface area contributed by atoms with E-state index in [-0.39, 0.29) is 6.04 Å². The van der Waals surface area contributed by atoms with Gasteiger partial charge in [-0.25, -0.2) is 0 Å². The van der Waals surface area contributed by atoms with Gasteiger partial charge in [0.1, 0.15) is 0 Å². The van der Waals surface area contributed by atoms with Gasteiger partial charge in [0.05, 0.1) is 5.69 Å². The second kappa shape index (κ2) is 5.89. The van der Waals surface area contributed by atoms with Crippen LogP contribution in [0.15, 0.2) is 24.4 Å². The first kappa shape index (κ1) is 13.6. The van der Waals surface area contributed by atoms with E-state index in [9.17, 15) is 0 Å². The van der Waals surface area contributed by atoms with Gasteiger partial charge in [0.2, 0.25) is 0 Å². The van der Waals surface area contributed by atoms with Crippen molar-refractivity contribution < 1.29 is 0 Å². The van der Waals surface area contributed by atoms with E-state index in [4.69, 9.17) is 0 Å². The molecule has 0 spiro atoms. The Hall–Kier alpha value is -1.81. The second-order valence-electron chi connectivity index (χ2n) is 4.90. The summed E-state index contributed by atoms with van der Waals surface area (Å²) in [5.74, 6) is 0. The van der Waals surface area contributed by atoms with Crippen LogP contribution in [0.25, 0.3) is 0 Å². The molecule has 4 heteroatoms. The van der Waals surface area contributed by atoms with Gasteiger partial charge >= 0.3 is 0 Å². The maximum Gasteiger partial charge on any atom is 0.0769 e. The lowest BCUT2D eigenvalue weighted by Gasteiger charge is -2.18. The molecule has 19 heavy (non-hydrogen) atoms. The van der Waals surface area contributed by atoms with E-state index in [1.54, 1.807) is 6.20 Å². The van der Waals surface area contributed by atoms with Gasteiger partial charge in [0, 0.05) is 30.2 Å². The quantitative estimate of drug-likeness (QED) is 0.913. The molecule has 0 radical (unpaired) electrons. The molecule has 1 N–H and O–H groups in total. The van der Waals surface area contributed by atoms with Crippen molar-refractivity contribution in [2.45, 2.75) is 40.3 Å². The van der Waals surface area contributed by atoms with Gasteiger partial charge in [-0.3, -0.25) is 4.98 Å². The molecule has 100 valence electrons. The minimum atomic E-state index is 0.245. The van der Waals surface area contributed by atoms with Crippen molar-refractivity contribution >= 4 is 0 Å². The van der Waals surface area contributed by atoms with Crippen LogP contribution in [0, 0.1) is 20.8 Å². The topological polar surface area (TPSA) is 50.7 Å². The Morgan fingerprint density at radius 2 is 2.05 bits per heavy atom. The molecule has 0 saturated heterocycles. The highest BCUT2D eigenvalue weighted by Gasteiger charge is 2.12. The molecule has 4 nitrogen and oxygen atoms in total. The fourth-order valence-electron chi connectivity index (χ4n) is 2.48. The lowest BCUT2D eigenvalue weighted by molar-refractivity contribution is 0.557. The van der Waals surface area contributed by atoms with Crippen molar-refractivity contribution in [1.29, 1.82) is 0 Å². The third-order valence-electron chi connectivity index (χ3n) is 3.23. The zero-order chi connectivity index (χ0) is 13.8. The molecule has 0 saturated carbocycles. The van der Waals surface area contributed by atoms with E-state index in [2.05, 4.69) is 47.3 Å². The number of aromatic nitrogens is 3. The first-order valence-electron chi connectivity index (χ1n) is 6.52. The first-order valence-corrected chi connectivity index (χ1v) is 6.52. The molecular formula is C15H20N4. The van der Waals surface area contributed by atoms with Crippen molar-refractivity contribution in [1.82, 2.24) is 20.5 Å². The number of aryl methyl sites for hydroxylation is 3. The summed E-state index contributed by atoms with van der Waals surface area (Å²) in [5, 5.41) is 11.4. The fourth-order valence-corrected chi connectivity index (χ4v) is 2.48. The van der Waals surface area contributed by atoms with Gasteiger partial charge in [-0.05, 0) is 57.0 Å². The van der Waals surface area contributed by atoms with Gasteiger partial charge in [0.25, 0.3) is 0 Å². The molecule has 2 aromatic rings. The average Bonchev–Trinajstić information content (AvgIpc) is 2.36. The highest BCUT2D eigenvalue weighted by molar-refractivity contribution is 5.33. The summed E-state index contributed by atoms with van der Waals surface area (Å²) < 4.78 is 0. The molecular weight excluding hydrogens is 236 g/mol. The molecule has 0 amide bonds. The third-order valence-corrected chi connectivity index (χ3v) is 3.23. The molecule has 0 aliphatic carbocycles. The van der Waals surface area contributed by atoms with E-state index >= 15 is 0 Å². The van der Waals surface area contributed by atoms with Crippen LogP contribution in [-0.4, -0.2) is 15.2 Å². The standard InChI is InChI=1S/C15H20N4/c1-10-8-11(2)18-13(4)15(10)12(3)16-9-14-6-5-7-17-19-14/h5-8,12,16H,9H2,1-4H3. The van der Waals surface area contributed by atoms with Gasteiger partial charge in [-0.2, -0.15) is 10.2 Å². The number of rotatable bonds is 4. The molecule has 2 aromatic heterocycles. The summed E-state index contributed by atoms with van der Waals surface area (Å²) in [6.45, 7) is 9.10. The molecule has 0 aromatic carbocycles. The van der Waals surface area contributed by atoms with Crippen LogP contribution < -0.4 is 5.32 Å². The lowest BCUT2D eigenvalue weighted by atomic mass is 10.0. The molecule has 1 atom stereocenters. The number of pyridine rings is 1. The average molecular weight is 256 g/mol. The van der Waals surface area contributed by atoms with Crippen molar-refractivity contribution in [3.8, 4) is 0 Å². The number of hydrogen-bond donors (Lipinski definition) is 1. The monoisotopic (exact) mass is 256 g/mol. The largest absolute Gasteiger partial charge is 0.304 e. The molecule has 0 bridgehead atoms.